The van der Waals surface area contributed by atoms with Gasteiger partial charge in [0.05, 0.1) is 25.6 Å². The number of carbonyl (C=O) groups is 2. The molecule has 6 nitrogen and oxygen atoms in total. The van der Waals surface area contributed by atoms with E-state index in [9.17, 15) is 9.59 Å². The monoisotopic (exact) mass is 386 g/mol. The number of amides is 2. The average Bonchev–Trinajstić information content (AvgIpc) is 2.77. The molecule has 2 aromatic carbocycles. The third-order valence-corrected chi connectivity index (χ3v) is 5.40. The number of hydrogen-bond acceptors (Lipinski definition) is 5. The minimum absolute atomic E-state index is 0.0572. The van der Waals surface area contributed by atoms with Crippen LogP contribution >= 0.6 is 11.8 Å². The van der Waals surface area contributed by atoms with Gasteiger partial charge in [-0.25, -0.2) is 0 Å². The zero-order chi connectivity index (χ0) is 19.4. The molecule has 7 heteroatoms. The fourth-order valence-electron chi connectivity index (χ4n) is 2.94. The Hall–Kier alpha value is -2.67. The molecule has 0 fully saturated rings. The molecule has 0 saturated carbocycles. The first-order valence-electron chi connectivity index (χ1n) is 8.59. The van der Waals surface area contributed by atoms with Crippen molar-refractivity contribution in [3.63, 3.8) is 0 Å². The highest BCUT2D eigenvalue weighted by molar-refractivity contribution is 8.00. The number of thioether (sulfide) groups is 1. The summed E-state index contributed by atoms with van der Waals surface area (Å²) in [4.78, 5) is 27.9. The standard InChI is InChI=1S/C20H22N2O4S/c1-13-10-20(24)22(16-6-4-5-7-18(16)27-13)12-19(23)21-15-9-8-14(25-2)11-17(15)26-3/h4-9,11,13H,10,12H2,1-3H3,(H,21,23)/t13-/m1/s1. The summed E-state index contributed by atoms with van der Waals surface area (Å²) < 4.78 is 10.5. The van der Waals surface area contributed by atoms with Gasteiger partial charge in [0, 0.05) is 22.6 Å². The van der Waals surface area contributed by atoms with E-state index in [-0.39, 0.29) is 23.6 Å². The summed E-state index contributed by atoms with van der Waals surface area (Å²) >= 11 is 1.65. The topological polar surface area (TPSA) is 67.9 Å². The smallest absolute Gasteiger partial charge is 0.244 e. The molecule has 0 bridgehead atoms. The molecule has 0 aliphatic carbocycles. The van der Waals surface area contributed by atoms with Crippen LogP contribution in [-0.4, -0.2) is 37.8 Å². The minimum Gasteiger partial charge on any atom is -0.497 e. The van der Waals surface area contributed by atoms with Crippen LogP contribution in [0.25, 0.3) is 0 Å². The summed E-state index contributed by atoms with van der Waals surface area (Å²) in [6, 6.07) is 12.8. The van der Waals surface area contributed by atoms with Gasteiger partial charge in [0.1, 0.15) is 18.0 Å². The lowest BCUT2D eigenvalue weighted by Crippen LogP contribution is -2.38. The lowest BCUT2D eigenvalue weighted by atomic mass is 10.2. The van der Waals surface area contributed by atoms with Gasteiger partial charge >= 0.3 is 0 Å². The van der Waals surface area contributed by atoms with Crippen LogP contribution in [-0.2, 0) is 9.59 Å². The van der Waals surface area contributed by atoms with Crippen molar-refractivity contribution >= 4 is 35.0 Å². The zero-order valence-electron chi connectivity index (χ0n) is 15.5. The van der Waals surface area contributed by atoms with Gasteiger partial charge in [0.15, 0.2) is 0 Å². The molecule has 0 aromatic heterocycles. The van der Waals surface area contributed by atoms with Gasteiger partial charge in [-0.15, -0.1) is 11.8 Å². The summed E-state index contributed by atoms with van der Waals surface area (Å²) in [6.07, 6.45) is 0.387. The molecule has 27 heavy (non-hydrogen) atoms. The first kappa shape index (κ1) is 19.1. The Morgan fingerprint density at radius 1 is 1.22 bits per heavy atom. The number of benzene rings is 2. The Bertz CT molecular complexity index is 856. The lowest BCUT2D eigenvalue weighted by Gasteiger charge is -2.22. The molecule has 0 radical (unpaired) electrons. The Labute approximate surface area is 162 Å². The van der Waals surface area contributed by atoms with E-state index >= 15 is 0 Å². The van der Waals surface area contributed by atoms with Crippen LogP contribution in [0.3, 0.4) is 0 Å². The molecule has 0 saturated heterocycles. The van der Waals surface area contributed by atoms with E-state index in [1.165, 1.54) is 7.11 Å². The molecule has 3 rings (SSSR count). The average molecular weight is 386 g/mol. The second-order valence-corrected chi connectivity index (χ2v) is 7.67. The van der Waals surface area contributed by atoms with Crippen LogP contribution in [0.1, 0.15) is 13.3 Å². The molecule has 2 amide bonds. The molecule has 2 aromatic rings. The summed E-state index contributed by atoms with van der Waals surface area (Å²) in [6.45, 7) is 1.96. The van der Waals surface area contributed by atoms with E-state index in [1.54, 1.807) is 42.0 Å². The first-order chi connectivity index (χ1) is 13.0. The van der Waals surface area contributed by atoms with Crippen molar-refractivity contribution in [1.29, 1.82) is 0 Å². The molecular formula is C20H22N2O4S. The van der Waals surface area contributed by atoms with E-state index < -0.39 is 0 Å². The van der Waals surface area contributed by atoms with Gasteiger partial charge in [-0.05, 0) is 24.3 Å². The summed E-state index contributed by atoms with van der Waals surface area (Å²) in [5, 5.41) is 2.98. The maximum Gasteiger partial charge on any atom is 0.244 e. The third-order valence-electron chi connectivity index (χ3n) is 4.23. The molecule has 1 heterocycles. The minimum atomic E-state index is -0.291. The molecule has 0 unspecified atom stereocenters. The van der Waals surface area contributed by atoms with Crippen molar-refractivity contribution in [1.82, 2.24) is 0 Å². The van der Waals surface area contributed by atoms with Crippen molar-refractivity contribution in [2.24, 2.45) is 0 Å². The van der Waals surface area contributed by atoms with Gasteiger partial charge < -0.3 is 19.7 Å². The number of carbonyl (C=O) groups excluding carboxylic acids is 2. The number of para-hydroxylation sites is 1. The zero-order valence-corrected chi connectivity index (χ0v) is 16.3. The van der Waals surface area contributed by atoms with E-state index in [0.717, 1.165) is 10.6 Å². The van der Waals surface area contributed by atoms with Gasteiger partial charge in [-0.2, -0.15) is 0 Å². The molecule has 1 atom stereocenters. The second kappa shape index (κ2) is 8.35. The Balaban J connectivity index is 1.80. The van der Waals surface area contributed by atoms with Crippen LogP contribution in [0.4, 0.5) is 11.4 Å². The van der Waals surface area contributed by atoms with E-state index in [1.807, 2.05) is 31.2 Å². The summed E-state index contributed by atoms with van der Waals surface area (Å²) in [5.74, 6) is 0.778. The Kier molecular flexibility index (Phi) is 5.91. The fourth-order valence-corrected chi connectivity index (χ4v) is 4.05. The predicted octanol–water partition coefficient (Wildman–Crippen LogP) is 3.56. The number of anilines is 2. The fraction of sp³-hybridized carbons (Fsp3) is 0.300. The van der Waals surface area contributed by atoms with Crippen molar-refractivity contribution in [3.05, 3.63) is 42.5 Å². The van der Waals surface area contributed by atoms with E-state index in [4.69, 9.17) is 9.47 Å². The molecular weight excluding hydrogens is 364 g/mol. The quantitative estimate of drug-likeness (QED) is 0.851. The number of ether oxygens (including phenoxy) is 2. The number of nitrogens with zero attached hydrogens (tertiary/aromatic N) is 1. The Morgan fingerprint density at radius 2 is 2.00 bits per heavy atom. The van der Waals surface area contributed by atoms with Crippen molar-refractivity contribution in [2.75, 3.05) is 31.0 Å². The van der Waals surface area contributed by atoms with Crippen molar-refractivity contribution < 1.29 is 19.1 Å². The number of rotatable bonds is 5. The number of methoxy groups -OCH3 is 2. The SMILES string of the molecule is COc1ccc(NC(=O)CN2C(=O)C[C@@H](C)Sc3ccccc32)c(OC)c1. The first-order valence-corrected chi connectivity index (χ1v) is 9.47. The maximum absolute atomic E-state index is 12.7. The van der Waals surface area contributed by atoms with Gasteiger partial charge in [-0.1, -0.05) is 19.1 Å². The van der Waals surface area contributed by atoms with Crippen LogP contribution in [0.15, 0.2) is 47.4 Å². The highest BCUT2D eigenvalue weighted by Gasteiger charge is 2.27. The van der Waals surface area contributed by atoms with Crippen molar-refractivity contribution in [2.45, 2.75) is 23.5 Å². The lowest BCUT2D eigenvalue weighted by molar-refractivity contribution is -0.121. The third kappa shape index (κ3) is 4.36. The number of fused-ring (bicyclic) bond motifs is 1. The Morgan fingerprint density at radius 3 is 2.74 bits per heavy atom. The normalized spacial score (nSPS) is 16.3. The number of nitrogens with one attached hydrogen (secondary N) is 1. The molecule has 0 spiro atoms. The molecule has 1 aliphatic heterocycles. The van der Waals surface area contributed by atoms with Crippen LogP contribution in [0, 0.1) is 0 Å². The van der Waals surface area contributed by atoms with Crippen LogP contribution in [0.2, 0.25) is 0 Å². The molecule has 142 valence electrons. The van der Waals surface area contributed by atoms with Gasteiger partial charge in [0.25, 0.3) is 0 Å². The summed E-state index contributed by atoms with van der Waals surface area (Å²) in [7, 11) is 3.09. The van der Waals surface area contributed by atoms with Gasteiger partial charge in [-0.3, -0.25) is 9.59 Å². The van der Waals surface area contributed by atoms with E-state index in [0.29, 0.717) is 23.6 Å². The highest BCUT2D eigenvalue weighted by Crippen LogP contribution is 2.37. The molecule has 1 N–H and O–H groups in total. The second-order valence-electron chi connectivity index (χ2n) is 6.19. The van der Waals surface area contributed by atoms with Crippen molar-refractivity contribution in [3.8, 4) is 11.5 Å². The van der Waals surface area contributed by atoms with Crippen LogP contribution in [0.5, 0.6) is 11.5 Å². The predicted molar refractivity (Wildman–Crippen MR) is 107 cm³/mol. The van der Waals surface area contributed by atoms with E-state index in [2.05, 4.69) is 5.32 Å². The highest BCUT2D eigenvalue weighted by atomic mass is 32.2. The number of hydrogen-bond donors (Lipinski definition) is 1. The maximum atomic E-state index is 12.7. The molecule has 1 aliphatic rings. The largest absolute Gasteiger partial charge is 0.497 e. The summed E-state index contributed by atoms with van der Waals surface area (Å²) in [5.41, 5.74) is 1.30. The van der Waals surface area contributed by atoms with Gasteiger partial charge in [0.2, 0.25) is 11.8 Å². The van der Waals surface area contributed by atoms with Crippen LogP contribution < -0.4 is 19.7 Å².